The lowest BCUT2D eigenvalue weighted by atomic mass is 9.86. The summed E-state index contributed by atoms with van der Waals surface area (Å²) in [6.07, 6.45) is 6.84. The molecule has 2 aromatic carbocycles. The van der Waals surface area contributed by atoms with Gasteiger partial charge in [-0.3, -0.25) is 0 Å². The molecule has 3 aromatic rings. The van der Waals surface area contributed by atoms with Gasteiger partial charge >= 0.3 is 11.9 Å². The lowest BCUT2D eigenvalue weighted by Gasteiger charge is -2.19. The van der Waals surface area contributed by atoms with Crippen LogP contribution >= 0.6 is 0 Å². The molecule has 0 amide bonds. The lowest BCUT2D eigenvalue weighted by Crippen LogP contribution is -2.18. The van der Waals surface area contributed by atoms with Crippen molar-refractivity contribution in [3.63, 3.8) is 0 Å². The first kappa shape index (κ1) is 30.9. The number of rotatable bonds is 10. The first-order valence-electron chi connectivity index (χ1n) is 14.9. The summed E-state index contributed by atoms with van der Waals surface area (Å²) in [5.41, 5.74) is 4.84. The molecule has 0 aliphatic carbocycles. The van der Waals surface area contributed by atoms with Gasteiger partial charge in [0.2, 0.25) is 0 Å². The van der Waals surface area contributed by atoms with Gasteiger partial charge in [-0.1, -0.05) is 63.3 Å². The van der Waals surface area contributed by atoms with Crippen LogP contribution in [-0.2, 0) is 19.1 Å². The van der Waals surface area contributed by atoms with E-state index in [0.29, 0.717) is 46.7 Å². The third-order valence-corrected chi connectivity index (χ3v) is 7.31. The van der Waals surface area contributed by atoms with Crippen LogP contribution in [0.25, 0.3) is 17.0 Å². The van der Waals surface area contributed by atoms with Gasteiger partial charge in [0.15, 0.2) is 0 Å². The molecule has 42 heavy (non-hydrogen) atoms. The summed E-state index contributed by atoms with van der Waals surface area (Å²) in [7, 11) is 0. The monoisotopic (exact) mass is 566 g/mol. The highest BCUT2D eigenvalue weighted by Crippen LogP contribution is 2.28. The lowest BCUT2D eigenvalue weighted by molar-refractivity contribution is -0.149. The summed E-state index contributed by atoms with van der Waals surface area (Å²) in [6.45, 7) is 12.7. The maximum Gasteiger partial charge on any atom is 0.334 e. The van der Waals surface area contributed by atoms with Crippen molar-refractivity contribution in [1.82, 2.24) is 0 Å². The number of aryl methyl sites for hydroxylation is 1. The number of benzene rings is 2. The van der Waals surface area contributed by atoms with E-state index in [2.05, 4.69) is 46.5 Å². The summed E-state index contributed by atoms with van der Waals surface area (Å²) < 4.78 is 16.9. The minimum atomic E-state index is -0.470. The Labute approximate surface area is 250 Å². The Kier molecular flexibility index (Phi) is 10.5. The predicted octanol–water partition coefficient (Wildman–Crippen LogP) is 8.43. The average molecular weight is 567 g/mol. The summed E-state index contributed by atoms with van der Waals surface area (Å²) in [5.74, 6) is 7.95. The molecular weight excluding hydrogens is 524 g/mol. The number of fused-ring (bicyclic) bond motifs is 1. The van der Waals surface area contributed by atoms with Crippen molar-refractivity contribution in [1.29, 1.82) is 0 Å². The van der Waals surface area contributed by atoms with E-state index in [1.54, 1.807) is 13.0 Å². The molecule has 1 saturated heterocycles. The van der Waals surface area contributed by atoms with Crippen LogP contribution in [0.2, 0.25) is 0 Å². The molecule has 5 heteroatoms. The van der Waals surface area contributed by atoms with E-state index in [4.69, 9.17) is 13.9 Å². The molecule has 0 bridgehead atoms. The maximum absolute atomic E-state index is 12.7. The molecule has 1 aliphatic rings. The average Bonchev–Trinajstić information content (AvgIpc) is 3.50. The number of esters is 2. The van der Waals surface area contributed by atoms with Gasteiger partial charge in [-0.2, -0.15) is 0 Å². The fourth-order valence-corrected chi connectivity index (χ4v) is 5.34. The minimum Gasteiger partial charge on any atom is -0.458 e. The fourth-order valence-electron chi connectivity index (χ4n) is 5.34. The Balaban J connectivity index is 1.32. The summed E-state index contributed by atoms with van der Waals surface area (Å²) in [6, 6.07) is 15.8. The third kappa shape index (κ3) is 8.98. The molecule has 1 aliphatic heterocycles. The van der Waals surface area contributed by atoms with Crippen molar-refractivity contribution in [2.45, 2.75) is 73.3 Å². The molecule has 4 rings (SSSR count). The first-order valence-corrected chi connectivity index (χ1v) is 14.9. The van der Waals surface area contributed by atoms with Crippen LogP contribution in [0.15, 0.2) is 70.2 Å². The Morgan fingerprint density at radius 1 is 1.00 bits per heavy atom. The largest absolute Gasteiger partial charge is 0.458 e. The molecule has 0 spiro atoms. The first-order chi connectivity index (χ1) is 20.0. The van der Waals surface area contributed by atoms with Crippen molar-refractivity contribution in [3.05, 3.63) is 88.2 Å². The van der Waals surface area contributed by atoms with Crippen molar-refractivity contribution in [2.75, 3.05) is 6.61 Å². The van der Waals surface area contributed by atoms with Crippen molar-refractivity contribution >= 4 is 29.0 Å². The molecule has 1 atom stereocenters. The zero-order valence-corrected chi connectivity index (χ0v) is 25.7. The number of carbonyl (C=O) groups is 2. The number of ether oxygens (including phenoxy) is 2. The highest BCUT2D eigenvalue weighted by molar-refractivity contribution is 5.94. The SMILES string of the molecule is C/C(=C\c1cc2cc(C#Cc3ccc(C)cc3)ccc2o1)C(=O)OCC1C/C(=C\CC(CC(C)C)CC(C)C)C(=O)O1. The zero-order chi connectivity index (χ0) is 30.2. The van der Waals surface area contributed by atoms with E-state index >= 15 is 0 Å². The molecule has 0 N–H and O–H groups in total. The zero-order valence-electron chi connectivity index (χ0n) is 25.7. The standard InChI is InChI=1S/C37H42O5/c1-24(2)17-30(18-25(3)4)13-15-31-21-34(42-37(31)39)23-40-36(38)27(6)19-33-22-32-20-29(14-16-35(32)41-33)12-11-28-9-7-26(5)8-10-28/h7-10,14-16,19-20,22,24-25,30,34H,13,17-18,21,23H2,1-6H3/b27-19+,31-15+. The van der Waals surface area contributed by atoms with Crippen LogP contribution in [0.1, 0.15) is 82.8 Å². The Morgan fingerprint density at radius 2 is 1.67 bits per heavy atom. The van der Waals surface area contributed by atoms with Crippen molar-refractivity contribution in [2.24, 2.45) is 17.8 Å². The Morgan fingerprint density at radius 3 is 2.36 bits per heavy atom. The molecule has 1 unspecified atom stereocenters. The van der Waals surface area contributed by atoms with E-state index in [1.807, 2.05) is 54.6 Å². The van der Waals surface area contributed by atoms with Gasteiger partial charge in [0.25, 0.3) is 0 Å². The second kappa shape index (κ2) is 14.2. The van der Waals surface area contributed by atoms with E-state index in [0.717, 1.165) is 35.8 Å². The van der Waals surface area contributed by atoms with Gasteiger partial charge in [0.05, 0.1) is 0 Å². The smallest absolute Gasteiger partial charge is 0.334 e. The quantitative estimate of drug-likeness (QED) is 0.140. The minimum absolute atomic E-state index is 0.0254. The van der Waals surface area contributed by atoms with Gasteiger partial charge in [-0.25, -0.2) is 9.59 Å². The second-order valence-corrected chi connectivity index (χ2v) is 12.3. The number of carbonyl (C=O) groups excluding carboxylic acids is 2. The summed E-state index contributed by atoms with van der Waals surface area (Å²) in [4.78, 5) is 25.1. The number of cyclic esters (lactones) is 1. The van der Waals surface area contributed by atoms with Gasteiger partial charge in [-0.15, -0.1) is 0 Å². The van der Waals surface area contributed by atoms with E-state index in [9.17, 15) is 9.59 Å². The van der Waals surface area contributed by atoms with Crippen molar-refractivity contribution in [3.8, 4) is 11.8 Å². The normalized spacial score (nSPS) is 16.4. The van der Waals surface area contributed by atoms with E-state index in [-0.39, 0.29) is 12.6 Å². The Bertz CT molecular complexity index is 1510. The maximum atomic E-state index is 12.7. The molecule has 220 valence electrons. The number of furan rings is 1. The van der Waals surface area contributed by atoms with E-state index in [1.165, 1.54) is 5.56 Å². The second-order valence-electron chi connectivity index (χ2n) is 12.3. The van der Waals surface area contributed by atoms with Gasteiger partial charge in [0, 0.05) is 34.1 Å². The van der Waals surface area contributed by atoms with Crippen LogP contribution < -0.4 is 0 Å². The fraction of sp³-hybridized carbons (Fsp3) is 0.405. The van der Waals surface area contributed by atoms with Gasteiger partial charge in [0.1, 0.15) is 24.1 Å². The molecule has 0 saturated carbocycles. The highest BCUT2D eigenvalue weighted by Gasteiger charge is 2.30. The number of hydrogen-bond donors (Lipinski definition) is 0. The van der Waals surface area contributed by atoms with Crippen molar-refractivity contribution < 1.29 is 23.5 Å². The summed E-state index contributed by atoms with van der Waals surface area (Å²) >= 11 is 0. The number of allylic oxidation sites excluding steroid dienone is 1. The molecular formula is C37H42O5. The predicted molar refractivity (Wildman–Crippen MR) is 168 cm³/mol. The van der Waals surface area contributed by atoms with E-state index < -0.39 is 12.1 Å². The molecule has 0 radical (unpaired) electrons. The highest BCUT2D eigenvalue weighted by atomic mass is 16.6. The molecule has 2 heterocycles. The molecule has 1 aromatic heterocycles. The molecule has 5 nitrogen and oxygen atoms in total. The van der Waals surface area contributed by atoms with Crippen LogP contribution in [0.5, 0.6) is 0 Å². The third-order valence-electron chi connectivity index (χ3n) is 7.31. The summed E-state index contributed by atoms with van der Waals surface area (Å²) in [5, 5.41) is 0.902. The van der Waals surface area contributed by atoms with Crippen LogP contribution in [0.4, 0.5) is 0 Å². The number of hydrogen-bond acceptors (Lipinski definition) is 5. The van der Waals surface area contributed by atoms with Crippen LogP contribution in [0.3, 0.4) is 0 Å². The van der Waals surface area contributed by atoms with Gasteiger partial charge in [-0.05, 0) is 93.3 Å². The van der Waals surface area contributed by atoms with Crippen LogP contribution in [-0.4, -0.2) is 24.6 Å². The topological polar surface area (TPSA) is 65.7 Å². The van der Waals surface area contributed by atoms with Gasteiger partial charge < -0.3 is 13.9 Å². The van der Waals surface area contributed by atoms with Crippen LogP contribution in [0, 0.1) is 36.5 Å². The Hall–Kier alpha value is -4.04. The molecule has 1 fully saturated rings.